The summed E-state index contributed by atoms with van der Waals surface area (Å²) in [5.41, 5.74) is 8.80. The van der Waals surface area contributed by atoms with Gasteiger partial charge in [-0.1, -0.05) is 6.92 Å². The first kappa shape index (κ1) is 18.4. The molecule has 1 saturated carbocycles. The van der Waals surface area contributed by atoms with E-state index < -0.39 is 0 Å². The second kappa shape index (κ2) is 6.99. The standard InChI is InChI=1S/C22H27N5O2/c1-2-22(7-8-22)29-14-5-6-18(23)17(9-14)21(24)19-10-20(26-13-25-19)27-11-15-3-4-16(12-27)28-15/h5-6,9-10,13,15-16,24H,2-4,7-8,11-12,23H2,1H3/p+1. The quantitative estimate of drug-likeness (QED) is 0.567. The summed E-state index contributed by atoms with van der Waals surface area (Å²) in [5, 5.41) is 6.51. The van der Waals surface area contributed by atoms with Gasteiger partial charge in [-0.2, -0.15) is 0 Å². The first-order chi connectivity index (χ1) is 14.0. The van der Waals surface area contributed by atoms with Crippen molar-refractivity contribution in [2.75, 3.05) is 23.7 Å². The number of anilines is 2. The number of ether oxygens (including phenoxy) is 2. The molecule has 29 heavy (non-hydrogen) atoms. The molecule has 5 rings (SSSR count). The molecule has 0 amide bonds. The minimum atomic E-state index is -0.0140. The third-order valence-corrected chi connectivity index (χ3v) is 6.40. The van der Waals surface area contributed by atoms with E-state index >= 15 is 0 Å². The summed E-state index contributed by atoms with van der Waals surface area (Å²) < 4.78 is 12.1. The number of nitrogens with two attached hydrogens (primary N) is 2. The summed E-state index contributed by atoms with van der Waals surface area (Å²) in [6.45, 7) is 3.88. The summed E-state index contributed by atoms with van der Waals surface area (Å²) in [4.78, 5) is 11.2. The molecule has 1 aliphatic carbocycles. The Labute approximate surface area is 170 Å². The van der Waals surface area contributed by atoms with Crippen molar-refractivity contribution in [3.8, 4) is 5.75 Å². The van der Waals surface area contributed by atoms with Crippen LogP contribution in [0.3, 0.4) is 0 Å². The topological polar surface area (TPSA) is 99.1 Å². The Bertz CT molecular complexity index is 931. The van der Waals surface area contributed by atoms with Gasteiger partial charge in [0.25, 0.3) is 0 Å². The molecule has 3 heterocycles. The Hall–Kier alpha value is -2.67. The number of aromatic nitrogens is 2. The zero-order chi connectivity index (χ0) is 20.0. The molecule has 1 aromatic carbocycles. The second-order valence-electron chi connectivity index (χ2n) is 8.43. The van der Waals surface area contributed by atoms with E-state index in [1.54, 1.807) is 6.33 Å². The van der Waals surface area contributed by atoms with Crippen molar-refractivity contribution in [2.45, 2.75) is 56.8 Å². The average Bonchev–Trinajstić information content (AvgIpc) is 3.45. The van der Waals surface area contributed by atoms with Crippen LogP contribution in [-0.2, 0) is 4.74 Å². The van der Waals surface area contributed by atoms with Crippen molar-refractivity contribution in [1.82, 2.24) is 9.97 Å². The van der Waals surface area contributed by atoms with Gasteiger partial charge in [-0.25, -0.2) is 9.97 Å². The van der Waals surface area contributed by atoms with Crippen LogP contribution in [0.4, 0.5) is 11.5 Å². The number of fused-ring (bicyclic) bond motifs is 2. The number of nitrogen functional groups attached to an aromatic ring is 1. The zero-order valence-electron chi connectivity index (χ0n) is 16.8. The Kier molecular flexibility index (Phi) is 4.42. The van der Waals surface area contributed by atoms with Crippen LogP contribution in [0.5, 0.6) is 5.75 Å². The third-order valence-electron chi connectivity index (χ3n) is 6.40. The summed E-state index contributed by atoms with van der Waals surface area (Å²) in [7, 11) is 0. The Morgan fingerprint density at radius 2 is 2.00 bits per heavy atom. The molecule has 2 unspecified atom stereocenters. The summed E-state index contributed by atoms with van der Waals surface area (Å²) in [5.74, 6) is 1.68. The number of morpholine rings is 1. The van der Waals surface area contributed by atoms with E-state index in [-0.39, 0.29) is 5.60 Å². The predicted molar refractivity (Wildman–Crippen MR) is 111 cm³/mol. The molecular weight excluding hydrogens is 366 g/mol. The first-order valence-corrected chi connectivity index (χ1v) is 10.5. The van der Waals surface area contributed by atoms with Gasteiger partial charge in [-0.15, -0.1) is 0 Å². The van der Waals surface area contributed by atoms with Crippen LogP contribution in [0.15, 0.2) is 30.6 Å². The van der Waals surface area contributed by atoms with Gasteiger partial charge in [-0.05, 0) is 50.3 Å². The van der Waals surface area contributed by atoms with Crippen molar-refractivity contribution < 1.29 is 14.9 Å². The van der Waals surface area contributed by atoms with Crippen LogP contribution in [0.1, 0.15) is 50.3 Å². The van der Waals surface area contributed by atoms with Crippen molar-refractivity contribution in [3.63, 3.8) is 0 Å². The minimum Gasteiger partial charge on any atom is -0.487 e. The van der Waals surface area contributed by atoms with E-state index in [2.05, 4.69) is 21.8 Å². The van der Waals surface area contributed by atoms with E-state index in [1.165, 1.54) is 0 Å². The molecule has 0 spiro atoms. The lowest BCUT2D eigenvalue weighted by Crippen LogP contribution is -2.44. The van der Waals surface area contributed by atoms with Gasteiger partial charge < -0.3 is 20.1 Å². The number of benzene rings is 1. The molecule has 2 aliphatic heterocycles. The highest BCUT2D eigenvalue weighted by Gasteiger charge is 2.43. The number of hydrogen-bond acceptors (Lipinski definition) is 6. The molecule has 2 saturated heterocycles. The molecule has 2 aromatic rings. The van der Waals surface area contributed by atoms with Crippen molar-refractivity contribution >= 4 is 17.2 Å². The van der Waals surface area contributed by atoms with Crippen LogP contribution in [0.2, 0.25) is 0 Å². The Balaban J connectivity index is 1.39. The maximum atomic E-state index is 6.51. The van der Waals surface area contributed by atoms with Gasteiger partial charge >= 0.3 is 0 Å². The molecule has 2 atom stereocenters. The summed E-state index contributed by atoms with van der Waals surface area (Å²) in [6.07, 6.45) is 7.60. The molecular formula is C22H28N5O2+. The first-order valence-electron chi connectivity index (χ1n) is 10.5. The van der Waals surface area contributed by atoms with Gasteiger partial charge in [0.2, 0.25) is 5.71 Å². The lowest BCUT2D eigenvalue weighted by molar-refractivity contribution is -0.111. The zero-order valence-corrected chi connectivity index (χ0v) is 16.8. The fraction of sp³-hybridized carbons (Fsp3) is 0.500. The monoisotopic (exact) mass is 394 g/mol. The molecule has 1 aromatic heterocycles. The largest absolute Gasteiger partial charge is 0.487 e. The molecule has 3 aliphatic rings. The van der Waals surface area contributed by atoms with E-state index in [4.69, 9.17) is 20.6 Å². The molecule has 7 heteroatoms. The fourth-order valence-electron chi connectivity index (χ4n) is 4.36. The smallest absolute Gasteiger partial charge is 0.232 e. The summed E-state index contributed by atoms with van der Waals surface area (Å²) >= 11 is 0. The van der Waals surface area contributed by atoms with Crippen molar-refractivity contribution in [3.05, 3.63) is 41.9 Å². The number of hydrogen-bond donors (Lipinski definition) is 2. The molecule has 7 nitrogen and oxygen atoms in total. The normalized spacial score (nSPS) is 24.4. The molecule has 152 valence electrons. The lowest BCUT2D eigenvalue weighted by Gasteiger charge is -2.32. The number of rotatable bonds is 6. The van der Waals surface area contributed by atoms with Gasteiger partial charge in [-0.3, -0.25) is 5.41 Å². The van der Waals surface area contributed by atoms with Crippen molar-refractivity contribution in [1.29, 1.82) is 0 Å². The SMILES string of the molecule is CCC1(Oc2ccc(N)c(C(=[NH2+])c3cc(N4CC5CCC(C4)O5)ncn3)c2)CC1. The Morgan fingerprint density at radius 3 is 2.69 bits per heavy atom. The van der Waals surface area contributed by atoms with E-state index in [0.717, 1.165) is 62.3 Å². The van der Waals surface area contributed by atoms with Gasteiger partial charge in [0.05, 0.1) is 17.8 Å². The highest BCUT2D eigenvalue weighted by molar-refractivity contribution is 6.11. The fourth-order valence-corrected chi connectivity index (χ4v) is 4.36. The van der Waals surface area contributed by atoms with Crippen molar-refractivity contribution in [2.24, 2.45) is 0 Å². The molecule has 4 N–H and O–H groups in total. The minimum absolute atomic E-state index is 0.0140. The number of nitrogens with zero attached hydrogens (tertiary/aromatic N) is 3. The second-order valence-corrected chi connectivity index (χ2v) is 8.43. The van der Waals surface area contributed by atoms with Crippen LogP contribution in [0.25, 0.3) is 0 Å². The molecule has 2 bridgehead atoms. The van der Waals surface area contributed by atoms with E-state index in [1.807, 2.05) is 24.3 Å². The predicted octanol–water partition coefficient (Wildman–Crippen LogP) is 1.34. The molecule has 0 radical (unpaired) electrons. The van der Waals surface area contributed by atoms with Gasteiger partial charge in [0.15, 0.2) is 0 Å². The molecule has 3 fully saturated rings. The lowest BCUT2D eigenvalue weighted by atomic mass is 10.0. The van der Waals surface area contributed by atoms with Crippen LogP contribution in [-0.4, -0.2) is 46.6 Å². The highest BCUT2D eigenvalue weighted by Crippen LogP contribution is 2.43. The van der Waals surface area contributed by atoms with Crippen LogP contribution >= 0.6 is 0 Å². The van der Waals surface area contributed by atoms with Gasteiger partial charge in [0.1, 0.15) is 29.2 Å². The van der Waals surface area contributed by atoms with Gasteiger partial charge in [0, 0.05) is 24.8 Å². The highest BCUT2D eigenvalue weighted by atomic mass is 16.5. The maximum absolute atomic E-state index is 6.51. The third kappa shape index (κ3) is 3.55. The van der Waals surface area contributed by atoms with Crippen LogP contribution in [0, 0.1) is 0 Å². The van der Waals surface area contributed by atoms with Crippen LogP contribution < -0.4 is 20.8 Å². The Morgan fingerprint density at radius 1 is 1.24 bits per heavy atom. The average molecular weight is 394 g/mol. The van der Waals surface area contributed by atoms with E-state index in [9.17, 15) is 0 Å². The maximum Gasteiger partial charge on any atom is 0.232 e. The van der Waals surface area contributed by atoms with E-state index in [0.29, 0.717) is 29.3 Å². The summed E-state index contributed by atoms with van der Waals surface area (Å²) in [6, 6.07) is 7.64.